The van der Waals surface area contributed by atoms with Crippen molar-refractivity contribution in [2.75, 3.05) is 33.3 Å². The molecule has 1 spiro atoms. The molecular weight excluding hydrogens is 378 g/mol. The van der Waals surface area contributed by atoms with Crippen molar-refractivity contribution in [3.63, 3.8) is 0 Å². The lowest BCUT2D eigenvalue weighted by Crippen LogP contribution is -2.75. The fourth-order valence-corrected chi connectivity index (χ4v) is 5.62. The highest BCUT2D eigenvalue weighted by Gasteiger charge is 2.64. The number of likely N-dealkylation sites (tertiary alicyclic amines) is 1. The third-order valence-electron chi connectivity index (χ3n) is 7.27. The topological polar surface area (TPSA) is 53.1 Å². The number of carbonyl (C=O) groups is 2. The minimum absolute atomic E-state index is 0.0748. The van der Waals surface area contributed by atoms with Crippen LogP contribution in [0, 0.1) is 5.41 Å². The van der Waals surface area contributed by atoms with Crippen molar-refractivity contribution >= 4 is 11.8 Å². The van der Waals surface area contributed by atoms with Gasteiger partial charge in [-0.3, -0.25) is 14.5 Å². The number of ether oxygens (including phenoxy) is 1. The fourth-order valence-electron chi connectivity index (χ4n) is 5.62. The summed E-state index contributed by atoms with van der Waals surface area (Å²) in [6, 6.07) is 7.93. The average Bonchev–Trinajstić information content (AvgIpc) is 2.77. The monoisotopic (exact) mass is 413 g/mol. The number of β-lactam (4-membered cyclic amide) rings is 1. The van der Waals surface area contributed by atoms with Gasteiger partial charge >= 0.3 is 0 Å². The average molecular weight is 414 g/mol. The molecule has 1 aliphatic carbocycles. The molecule has 1 saturated carbocycles. The number of hydrogen-bond donors (Lipinski definition) is 0. The zero-order chi connectivity index (χ0) is 21.3. The second-order valence-electron chi connectivity index (χ2n) is 9.34. The first-order chi connectivity index (χ1) is 14.5. The molecule has 30 heavy (non-hydrogen) atoms. The minimum atomic E-state index is -0.422. The summed E-state index contributed by atoms with van der Waals surface area (Å²) in [5.41, 5.74) is 0.755. The number of piperazine rings is 1. The quantitative estimate of drug-likeness (QED) is 0.697. The Labute approximate surface area is 180 Å². The Morgan fingerprint density at radius 3 is 2.40 bits per heavy atom. The van der Waals surface area contributed by atoms with Gasteiger partial charge in [-0.2, -0.15) is 0 Å². The number of hydrogen-bond acceptors (Lipinski definition) is 4. The van der Waals surface area contributed by atoms with Crippen molar-refractivity contribution in [2.24, 2.45) is 5.41 Å². The molecule has 2 amide bonds. The van der Waals surface area contributed by atoms with Crippen molar-refractivity contribution in [3.8, 4) is 5.75 Å². The van der Waals surface area contributed by atoms with Crippen molar-refractivity contribution in [2.45, 2.75) is 64.6 Å². The summed E-state index contributed by atoms with van der Waals surface area (Å²) in [5.74, 6) is 1.29. The van der Waals surface area contributed by atoms with E-state index in [9.17, 15) is 9.59 Å². The summed E-state index contributed by atoms with van der Waals surface area (Å²) in [4.78, 5) is 32.8. The highest BCUT2D eigenvalue weighted by molar-refractivity contribution is 6.02. The third kappa shape index (κ3) is 3.59. The van der Waals surface area contributed by atoms with Gasteiger partial charge in [-0.15, -0.1) is 0 Å². The second-order valence-corrected chi connectivity index (χ2v) is 9.34. The maximum Gasteiger partial charge on any atom is 0.246 e. The molecule has 6 nitrogen and oxygen atoms in total. The van der Waals surface area contributed by atoms with E-state index in [0.29, 0.717) is 0 Å². The molecule has 0 N–H and O–H groups in total. The van der Waals surface area contributed by atoms with Gasteiger partial charge in [-0.05, 0) is 32.8 Å². The molecule has 3 fully saturated rings. The normalized spacial score (nSPS) is 24.3. The Bertz CT molecular complexity index is 780. The summed E-state index contributed by atoms with van der Waals surface area (Å²) in [6.45, 7) is 8.02. The van der Waals surface area contributed by atoms with Crippen LogP contribution in [-0.2, 0) is 16.1 Å². The molecular formula is C24H35N3O3. The predicted molar refractivity (Wildman–Crippen MR) is 116 cm³/mol. The lowest BCUT2D eigenvalue weighted by Gasteiger charge is -2.59. The van der Waals surface area contributed by atoms with Crippen LogP contribution < -0.4 is 4.74 Å². The minimum Gasteiger partial charge on any atom is -0.496 e. The molecule has 0 aromatic heterocycles. The van der Waals surface area contributed by atoms with Gasteiger partial charge in [0.05, 0.1) is 12.5 Å². The Morgan fingerprint density at radius 1 is 1.10 bits per heavy atom. The van der Waals surface area contributed by atoms with Crippen molar-refractivity contribution in [1.82, 2.24) is 14.7 Å². The molecule has 1 aromatic rings. The molecule has 3 aliphatic rings. The predicted octanol–water partition coefficient (Wildman–Crippen LogP) is 2.91. The van der Waals surface area contributed by atoms with Gasteiger partial charge in [0.15, 0.2) is 0 Å². The van der Waals surface area contributed by atoms with Crippen LogP contribution in [0.25, 0.3) is 0 Å². The van der Waals surface area contributed by atoms with E-state index in [1.54, 1.807) is 7.11 Å². The standard InChI is InChI=1S/C24H35N3O3/c1-18(2)27-21(24(23(27)29)11-7-4-8-12-24)22(28)26-15-13-25(14-16-26)17-19-9-5-6-10-20(19)30-3/h5-6,9-10,18,21H,4,7-8,11-17H2,1-3H3. The van der Waals surface area contributed by atoms with Crippen molar-refractivity contribution in [3.05, 3.63) is 29.8 Å². The van der Waals surface area contributed by atoms with Crippen LogP contribution in [0.15, 0.2) is 24.3 Å². The maximum absolute atomic E-state index is 13.6. The second kappa shape index (κ2) is 8.58. The van der Waals surface area contributed by atoms with Crippen LogP contribution in [0.1, 0.15) is 51.5 Å². The number of rotatable bonds is 5. The molecule has 1 unspecified atom stereocenters. The molecule has 6 heteroatoms. The molecule has 1 atom stereocenters. The first-order valence-electron chi connectivity index (χ1n) is 11.4. The number of nitrogens with zero attached hydrogens (tertiary/aromatic N) is 3. The molecule has 2 heterocycles. The van der Waals surface area contributed by atoms with Gasteiger partial charge in [0.25, 0.3) is 0 Å². The van der Waals surface area contributed by atoms with Gasteiger partial charge in [-0.1, -0.05) is 37.5 Å². The maximum atomic E-state index is 13.6. The summed E-state index contributed by atoms with van der Waals surface area (Å²) in [5, 5.41) is 0. The molecule has 2 aliphatic heterocycles. The Morgan fingerprint density at radius 2 is 1.77 bits per heavy atom. The van der Waals surface area contributed by atoms with E-state index in [0.717, 1.165) is 64.2 Å². The van der Waals surface area contributed by atoms with Gasteiger partial charge in [0.1, 0.15) is 11.8 Å². The fraction of sp³-hybridized carbons (Fsp3) is 0.667. The van der Waals surface area contributed by atoms with E-state index in [2.05, 4.69) is 11.0 Å². The molecule has 4 rings (SSSR count). The molecule has 164 valence electrons. The van der Waals surface area contributed by atoms with Crippen LogP contribution >= 0.6 is 0 Å². The van der Waals surface area contributed by atoms with Crippen molar-refractivity contribution < 1.29 is 14.3 Å². The summed E-state index contributed by atoms with van der Waals surface area (Å²) in [6.07, 6.45) is 5.06. The zero-order valence-corrected chi connectivity index (χ0v) is 18.6. The van der Waals surface area contributed by atoms with Gasteiger partial charge < -0.3 is 14.5 Å². The number of methoxy groups -OCH3 is 1. The number of benzene rings is 1. The van der Waals surface area contributed by atoms with Crippen molar-refractivity contribution in [1.29, 1.82) is 0 Å². The van der Waals surface area contributed by atoms with Gasteiger partial charge in [-0.25, -0.2) is 0 Å². The van der Waals surface area contributed by atoms with Crippen LogP contribution in [-0.4, -0.2) is 71.9 Å². The van der Waals surface area contributed by atoms with Gasteiger partial charge in [0.2, 0.25) is 11.8 Å². The summed E-state index contributed by atoms with van der Waals surface area (Å²) < 4.78 is 5.48. The van der Waals surface area contributed by atoms with Crippen LogP contribution in [0.5, 0.6) is 5.75 Å². The van der Waals surface area contributed by atoms with Crippen LogP contribution in [0.4, 0.5) is 0 Å². The third-order valence-corrected chi connectivity index (χ3v) is 7.27. The van der Waals surface area contributed by atoms with Crippen LogP contribution in [0.3, 0.4) is 0 Å². The summed E-state index contributed by atoms with van der Waals surface area (Å²) in [7, 11) is 1.71. The molecule has 2 saturated heterocycles. The largest absolute Gasteiger partial charge is 0.496 e. The zero-order valence-electron chi connectivity index (χ0n) is 18.6. The van der Waals surface area contributed by atoms with Gasteiger partial charge in [0, 0.05) is 44.3 Å². The highest BCUT2D eigenvalue weighted by Crippen LogP contribution is 2.51. The molecule has 0 bridgehead atoms. The molecule has 1 aromatic carbocycles. The van der Waals surface area contributed by atoms with E-state index in [1.807, 2.05) is 41.8 Å². The Balaban J connectivity index is 1.41. The van der Waals surface area contributed by atoms with E-state index < -0.39 is 5.41 Å². The number of carbonyl (C=O) groups excluding carboxylic acids is 2. The van der Waals surface area contributed by atoms with E-state index >= 15 is 0 Å². The van der Waals surface area contributed by atoms with Crippen LogP contribution in [0.2, 0.25) is 0 Å². The lowest BCUT2D eigenvalue weighted by molar-refractivity contribution is -0.190. The number of amides is 2. The Kier molecular flexibility index (Phi) is 6.05. The van der Waals surface area contributed by atoms with E-state index in [-0.39, 0.29) is 23.9 Å². The Hall–Kier alpha value is -2.08. The SMILES string of the molecule is COc1ccccc1CN1CCN(C(=O)C2N(C(C)C)C(=O)C23CCCCC3)CC1. The molecule has 0 radical (unpaired) electrons. The first-order valence-corrected chi connectivity index (χ1v) is 11.4. The lowest BCUT2D eigenvalue weighted by atomic mass is 9.61. The van der Waals surface area contributed by atoms with E-state index in [1.165, 1.54) is 12.0 Å². The number of para-hydroxylation sites is 1. The highest BCUT2D eigenvalue weighted by atomic mass is 16.5. The van der Waals surface area contributed by atoms with E-state index in [4.69, 9.17) is 4.74 Å². The smallest absolute Gasteiger partial charge is 0.246 e. The first kappa shape index (κ1) is 21.2. The summed E-state index contributed by atoms with van der Waals surface area (Å²) >= 11 is 0.